The second-order valence-electron chi connectivity index (χ2n) is 5.29. The first-order valence-corrected chi connectivity index (χ1v) is 7.38. The Kier molecular flexibility index (Phi) is 3.52. The number of hydrogen-bond donors (Lipinski definition) is 1. The van der Waals surface area contributed by atoms with E-state index in [2.05, 4.69) is 12.2 Å². The number of nitrogens with zero attached hydrogens (tertiary/aromatic N) is 1. The molecule has 1 saturated heterocycles. The Morgan fingerprint density at radius 1 is 1.60 bits per heavy atom. The zero-order valence-electron chi connectivity index (χ0n) is 11.5. The molecule has 1 aromatic rings. The molecule has 0 aliphatic carbocycles. The molecule has 20 heavy (non-hydrogen) atoms. The number of hydrogen-bond acceptors (Lipinski definition) is 3. The molecular weight excluding hydrogens is 296 g/mol. The quantitative estimate of drug-likeness (QED) is 0.868. The summed E-state index contributed by atoms with van der Waals surface area (Å²) in [6.45, 7) is 3.33. The number of thiocarbonyl (C=S) groups is 1. The minimum atomic E-state index is -0.483. The maximum absolute atomic E-state index is 6.28. The Balaban J connectivity index is 1.98. The molecule has 2 bridgehead atoms. The molecule has 4 nitrogen and oxygen atoms in total. The van der Waals surface area contributed by atoms with E-state index in [-0.39, 0.29) is 6.04 Å². The number of para-hydroxylation sites is 1. The lowest BCUT2D eigenvalue weighted by Crippen LogP contribution is -2.65. The van der Waals surface area contributed by atoms with Crippen LogP contribution in [-0.4, -0.2) is 36.0 Å². The van der Waals surface area contributed by atoms with Crippen LogP contribution in [0.1, 0.15) is 24.9 Å². The first-order valence-electron chi connectivity index (χ1n) is 6.59. The van der Waals surface area contributed by atoms with Crippen LogP contribution < -0.4 is 10.1 Å². The fourth-order valence-electron chi connectivity index (χ4n) is 2.91. The third kappa shape index (κ3) is 2.14. The van der Waals surface area contributed by atoms with Crippen molar-refractivity contribution in [1.82, 2.24) is 10.2 Å². The first-order chi connectivity index (χ1) is 9.55. The van der Waals surface area contributed by atoms with Crippen molar-refractivity contribution in [3.63, 3.8) is 0 Å². The molecule has 108 valence electrons. The van der Waals surface area contributed by atoms with Gasteiger partial charge in [0.2, 0.25) is 0 Å². The Labute approximate surface area is 129 Å². The van der Waals surface area contributed by atoms with Gasteiger partial charge in [-0.05, 0) is 25.2 Å². The summed E-state index contributed by atoms with van der Waals surface area (Å²) in [7, 11) is 1.68. The Morgan fingerprint density at radius 3 is 3.15 bits per heavy atom. The molecule has 2 aliphatic rings. The van der Waals surface area contributed by atoms with E-state index in [4.69, 9.17) is 33.3 Å². The fourth-order valence-corrected chi connectivity index (χ4v) is 3.56. The standard InChI is InChI=1S/C14H17ClN2O2S/c1-14-8-11(16-13(20)17(14)6-7-18-2)9-4-3-5-10(15)12(9)19-14/h3-5,11H,6-8H2,1-2H3,(H,16,20). The normalized spacial score (nSPS) is 27.6. The number of fused-ring (bicyclic) bond motifs is 4. The summed E-state index contributed by atoms with van der Waals surface area (Å²) in [5.74, 6) is 0.755. The minimum absolute atomic E-state index is 0.147. The molecule has 2 heterocycles. The van der Waals surface area contributed by atoms with Gasteiger partial charge in [-0.15, -0.1) is 0 Å². The van der Waals surface area contributed by atoms with Crippen molar-refractivity contribution in [3.8, 4) is 5.75 Å². The molecule has 0 saturated carbocycles. The highest BCUT2D eigenvalue weighted by molar-refractivity contribution is 7.80. The predicted molar refractivity (Wildman–Crippen MR) is 82.2 cm³/mol. The minimum Gasteiger partial charge on any atom is -0.466 e. The molecular formula is C14H17ClN2O2S. The summed E-state index contributed by atoms with van der Waals surface area (Å²) in [6.07, 6.45) is 0.824. The maximum atomic E-state index is 6.28. The van der Waals surface area contributed by atoms with Crippen molar-refractivity contribution < 1.29 is 9.47 Å². The van der Waals surface area contributed by atoms with E-state index in [0.717, 1.165) is 17.7 Å². The lowest BCUT2D eigenvalue weighted by atomic mass is 9.90. The van der Waals surface area contributed by atoms with Crippen LogP contribution in [0.2, 0.25) is 5.02 Å². The lowest BCUT2D eigenvalue weighted by molar-refractivity contribution is -0.0739. The molecule has 0 radical (unpaired) electrons. The van der Waals surface area contributed by atoms with Gasteiger partial charge in [-0.1, -0.05) is 23.7 Å². The molecule has 0 aromatic heterocycles. The van der Waals surface area contributed by atoms with Crippen molar-refractivity contribution in [2.45, 2.75) is 25.1 Å². The van der Waals surface area contributed by atoms with Crippen LogP contribution in [0, 0.1) is 0 Å². The number of nitrogens with one attached hydrogen (secondary N) is 1. The molecule has 0 spiro atoms. The Morgan fingerprint density at radius 2 is 2.40 bits per heavy atom. The topological polar surface area (TPSA) is 33.7 Å². The smallest absolute Gasteiger partial charge is 0.184 e. The number of rotatable bonds is 3. The molecule has 2 aliphatic heterocycles. The number of methoxy groups -OCH3 is 1. The van der Waals surface area contributed by atoms with Gasteiger partial charge in [0, 0.05) is 25.6 Å². The molecule has 2 atom stereocenters. The van der Waals surface area contributed by atoms with Crippen molar-refractivity contribution in [3.05, 3.63) is 28.8 Å². The summed E-state index contributed by atoms with van der Waals surface area (Å²) < 4.78 is 11.4. The molecule has 2 unspecified atom stereocenters. The molecule has 6 heteroatoms. The van der Waals surface area contributed by atoms with Crippen molar-refractivity contribution >= 4 is 28.9 Å². The van der Waals surface area contributed by atoms with Gasteiger partial charge in [0.25, 0.3) is 0 Å². The van der Waals surface area contributed by atoms with Crippen molar-refractivity contribution in [1.29, 1.82) is 0 Å². The average Bonchev–Trinajstić information content (AvgIpc) is 2.39. The molecule has 1 fully saturated rings. The van der Waals surface area contributed by atoms with Gasteiger partial charge in [-0.25, -0.2) is 0 Å². The fraction of sp³-hybridized carbons (Fsp3) is 0.500. The summed E-state index contributed by atoms with van der Waals surface area (Å²) in [4.78, 5) is 2.04. The van der Waals surface area contributed by atoms with Gasteiger partial charge >= 0.3 is 0 Å². The van der Waals surface area contributed by atoms with E-state index in [1.54, 1.807) is 7.11 Å². The third-order valence-electron chi connectivity index (χ3n) is 3.91. The Hall–Kier alpha value is -1.04. The monoisotopic (exact) mass is 312 g/mol. The van der Waals surface area contributed by atoms with Gasteiger partial charge in [-0.3, -0.25) is 0 Å². The van der Waals surface area contributed by atoms with Crippen LogP contribution in [0.3, 0.4) is 0 Å². The van der Waals surface area contributed by atoms with Crippen LogP contribution in [0.5, 0.6) is 5.75 Å². The second kappa shape index (κ2) is 5.06. The first kappa shape index (κ1) is 13.9. The van der Waals surface area contributed by atoms with Gasteiger partial charge in [0.15, 0.2) is 10.8 Å². The molecule has 3 rings (SSSR count). The van der Waals surface area contributed by atoms with Gasteiger partial charge < -0.3 is 19.7 Å². The van der Waals surface area contributed by atoms with E-state index in [9.17, 15) is 0 Å². The van der Waals surface area contributed by atoms with Crippen LogP contribution in [0.15, 0.2) is 18.2 Å². The highest BCUT2D eigenvalue weighted by Gasteiger charge is 2.47. The molecule has 1 aromatic carbocycles. The van der Waals surface area contributed by atoms with Crippen molar-refractivity contribution in [2.24, 2.45) is 0 Å². The van der Waals surface area contributed by atoms with E-state index in [1.807, 2.05) is 23.1 Å². The highest BCUT2D eigenvalue weighted by atomic mass is 35.5. The SMILES string of the molecule is COCCN1C(=S)NC2CC1(C)Oc1c(Cl)cccc12. The summed E-state index contributed by atoms with van der Waals surface area (Å²) >= 11 is 11.8. The van der Waals surface area contributed by atoms with Crippen molar-refractivity contribution in [2.75, 3.05) is 20.3 Å². The number of halogens is 1. The van der Waals surface area contributed by atoms with Crippen LogP contribution >= 0.6 is 23.8 Å². The summed E-state index contributed by atoms with van der Waals surface area (Å²) in [5.41, 5.74) is 0.590. The van der Waals surface area contributed by atoms with Gasteiger partial charge in [0.1, 0.15) is 5.75 Å². The third-order valence-corrected chi connectivity index (χ3v) is 4.55. The van der Waals surface area contributed by atoms with E-state index in [1.165, 1.54) is 0 Å². The predicted octanol–water partition coefficient (Wildman–Crippen LogP) is 2.72. The highest BCUT2D eigenvalue weighted by Crippen LogP contribution is 2.46. The second-order valence-corrected chi connectivity index (χ2v) is 6.08. The van der Waals surface area contributed by atoms with E-state index >= 15 is 0 Å². The van der Waals surface area contributed by atoms with Gasteiger partial charge in [0.05, 0.1) is 17.7 Å². The summed E-state index contributed by atoms with van der Waals surface area (Å²) in [6, 6.07) is 5.97. The lowest BCUT2D eigenvalue weighted by Gasteiger charge is -2.52. The van der Waals surface area contributed by atoms with Crippen LogP contribution in [-0.2, 0) is 4.74 Å². The zero-order valence-corrected chi connectivity index (χ0v) is 13.1. The molecule has 1 N–H and O–H groups in total. The van der Waals surface area contributed by atoms with Crippen LogP contribution in [0.4, 0.5) is 0 Å². The summed E-state index contributed by atoms with van der Waals surface area (Å²) in [5, 5.41) is 4.72. The zero-order chi connectivity index (χ0) is 14.3. The maximum Gasteiger partial charge on any atom is 0.184 e. The average molecular weight is 313 g/mol. The largest absolute Gasteiger partial charge is 0.466 e. The number of benzene rings is 1. The van der Waals surface area contributed by atoms with E-state index in [0.29, 0.717) is 23.3 Å². The number of ether oxygens (including phenoxy) is 2. The Bertz CT molecular complexity index is 554. The van der Waals surface area contributed by atoms with Gasteiger partial charge in [-0.2, -0.15) is 0 Å². The molecule has 0 amide bonds. The van der Waals surface area contributed by atoms with Crippen LogP contribution in [0.25, 0.3) is 0 Å². The van der Waals surface area contributed by atoms with E-state index < -0.39 is 5.72 Å².